The lowest BCUT2D eigenvalue weighted by Crippen LogP contribution is -2.52. The van der Waals surface area contributed by atoms with Gasteiger partial charge in [-0.3, -0.25) is 34.1 Å². The number of ether oxygens (including phenoxy) is 2. The van der Waals surface area contributed by atoms with Crippen LogP contribution in [0.15, 0.2) is 66.7 Å². The van der Waals surface area contributed by atoms with E-state index >= 15 is 0 Å². The Hall–Kier alpha value is -7.24. The Balaban J connectivity index is 0.895. The number of hydrogen-bond acceptors (Lipinski definition) is 10. The minimum absolute atomic E-state index is 0.109. The molecular weight excluding hydrogens is 890 g/mol. The average molecular weight is 942 g/mol. The van der Waals surface area contributed by atoms with Gasteiger partial charge in [-0.15, -0.1) is 0 Å². The van der Waals surface area contributed by atoms with Gasteiger partial charge in [0.1, 0.15) is 34.6 Å². The largest absolute Gasteiger partial charge is 0.493 e. The number of carboxylic acids is 1. The number of nitrogens with zero attached hydrogens (tertiary/aromatic N) is 6. The molecule has 3 aromatic heterocycles. The number of piperidine rings is 1. The van der Waals surface area contributed by atoms with Crippen LogP contribution in [0.1, 0.15) is 62.9 Å². The molecule has 0 spiro atoms. The molecule has 7 aromatic rings. The van der Waals surface area contributed by atoms with Gasteiger partial charge in [0.25, 0.3) is 11.8 Å². The maximum atomic E-state index is 13.6. The molecule has 17 nitrogen and oxygen atoms in total. The number of amides is 4. The Kier molecular flexibility index (Phi) is 12.9. The molecule has 2 fully saturated rings. The first-order chi connectivity index (χ1) is 32.7. The number of aryl methyl sites for hydroxylation is 4. The van der Waals surface area contributed by atoms with Crippen LogP contribution in [0.4, 0.5) is 0 Å². The van der Waals surface area contributed by atoms with Crippen molar-refractivity contribution in [2.45, 2.75) is 59.0 Å². The van der Waals surface area contributed by atoms with Crippen molar-refractivity contribution >= 4 is 73.9 Å². The Morgan fingerprint density at radius 2 is 1.71 bits per heavy atom. The number of aromatic amines is 1. The van der Waals surface area contributed by atoms with E-state index in [2.05, 4.69) is 30.6 Å². The smallest absolute Gasteiger partial charge is 0.352 e. The zero-order chi connectivity index (χ0) is 47.8. The molecule has 0 bridgehead atoms. The van der Waals surface area contributed by atoms with Crippen LogP contribution in [0.5, 0.6) is 11.5 Å². The van der Waals surface area contributed by atoms with Crippen molar-refractivity contribution in [2.75, 3.05) is 45.9 Å². The monoisotopic (exact) mass is 941 g/mol. The average Bonchev–Trinajstić information content (AvgIpc) is 3.94. The summed E-state index contributed by atoms with van der Waals surface area (Å²) in [6.07, 6.45) is 1.31. The molecule has 0 radical (unpaired) electrons. The number of aromatic carboxylic acids is 1. The highest BCUT2D eigenvalue weighted by atomic mass is 35.5. The summed E-state index contributed by atoms with van der Waals surface area (Å²) in [7, 11) is 1.88. The second-order valence-electron chi connectivity index (χ2n) is 17.4. The second-order valence-corrected chi connectivity index (χ2v) is 17.8. The molecule has 68 heavy (non-hydrogen) atoms. The second kappa shape index (κ2) is 19.2. The van der Waals surface area contributed by atoms with Crippen LogP contribution >= 0.6 is 11.6 Å². The van der Waals surface area contributed by atoms with Crippen LogP contribution < -0.4 is 20.1 Å². The van der Waals surface area contributed by atoms with Gasteiger partial charge in [-0.05, 0) is 69.2 Å². The molecule has 2 aliphatic rings. The predicted octanol–water partition coefficient (Wildman–Crippen LogP) is 6.12. The number of piperazine rings is 1. The molecule has 352 valence electrons. The summed E-state index contributed by atoms with van der Waals surface area (Å²) in [5.74, 6) is -1.19. The molecule has 4 aromatic carbocycles. The molecule has 2 saturated heterocycles. The van der Waals surface area contributed by atoms with Crippen LogP contribution in [-0.4, -0.2) is 121 Å². The number of imidazole rings is 1. The summed E-state index contributed by atoms with van der Waals surface area (Å²) in [6.45, 7) is 8.56. The van der Waals surface area contributed by atoms with Gasteiger partial charge >= 0.3 is 5.97 Å². The Labute approximate surface area is 396 Å². The molecule has 4 amide bonds. The zero-order valence-corrected chi connectivity index (χ0v) is 39.0. The number of H-pyrrole nitrogens is 1. The minimum atomic E-state index is -1.04. The van der Waals surface area contributed by atoms with Crippen molar-refractivity contribution in [3.63, 3.8) is 0 Å². The number of aromatic nitrogens is 5. The summed E-state index contributed by atoms with van der Waals surface area (Å²) in [4.78, 5) is 75.9. The Morgan fingerprint density at radius 1 is 0.926 bits per heavy atom. The quantitative estimate of drug-likeness (QED) is 0.0681. The first kappa shape index (κ1) is 45.9. The van der Waals surface area contributed by atoms with Gasteiger partial charge in [0, 0.05) is 86.4 Å². The van der Waals surface area contributed by atoms with E-state index in [4.69, 9.17) is 21.1 Å². The molecule has 18 heteroatoms. The maximum Gasteiger partial charge on any atom is 0.352 e. The molecular formula is C50H52ClN9O8. The topological polar surface area (TPSA) is 206 Å². The lowest BCUT2D eigenvalue weighted by Gasteiger charge is -2.34. The highest BCUT2D eigenvalue weighted by Gasteiger charge is 2.31. The summed E-state index contributed by atoms with van der Waals surface area (Å²) in [5, 5.41) is 24.0. The van der Waals surface area contributed by atoms with Crippen molar-refractivity contribution in [3.05, 3.63) is 106 Å². The fraction of sp³-hybridized carbons (Fsp3) is 0.340. The van der Waals surface area contributed by atoms with Crippen molar-refractivity contribution in [3.8, 4) is 22.6 Å². The minimum Gasteiger partial charge on any atom is -0.493 e. The molecule has 2 aliphatic heterocycles. The molecule has 4 N–H and O–H groups in total. The summed E-state index contributed by atoms with van der Waals surface area (Å²) >= 11 is 7.08. The van der Waals surface area contributed by atoms with Gasteiger partial charge in [0.05, 0.1) is 33.9 Å². The van der Waals surface area contributed by atoms with Crippen LogP contribution in [0.3, 0.4) is 0 Å². The fourth-order valence-corrected chi connectivity index (χ4v) is 9.82. The fourth-order valence-electron chi connectivity index (χ4n) is 9.58. The van der Waals surface area contributed by atoms with E-state index < -0.39 is 23.8 Å². The van der Waals surface area contributed by atoms with Crippen LogP contribution in [0.2, 0.25) is 5.02 Å². The van der Waals surface area contributed by atoms with Gasteiger partial charge in [-0.25, -0.2) is 9.78 Å². The highest BCUT2D eigenvalue weighted by Crippen LogP contribution is 2.42. The van der Waals surface area contributed by atoms with Gasteiger partial charge in [-0.1, -0.05) is 54.1 Å². The Bertz CT molecular complexity index is 3140. The number of benzene rings is 4. The number of nitrogens with one attached hydrogen (secondary N) is 3. The molecule has 0 saturated carbocycles. The number of carbonyl (C=O) groups excluding carboxylic acids is 4. The number of fused-ring (bicyclic) bond motifs is 3. The molecule has 1 unspecified atom stereocenters. The predicted molar refractivity (Wildman–Crippen MR) is 256 cm³/mol. The third kappa shape index (κ3) is 9.10. The molecule has 5 heterocycles. The number of hydrogen-bond donors (Lipinski definition) is 4. The normalized spacial score (nSPS) is 15.6. The zero-order valence-electron chi connectivity index (χ0n) is 38.3. The first-order valence-electron chi connectivity index (χ1n) is 22.7. The third-order valence-electron chi connectivity index (χ3n) is 13.0. The maximum absolute atomic E-state index is 13.6. The SMILES string of the molecule is Cc1nc2c(C(=O)NC3CCC(=O)NC3=O)cc(OCC(=O)N3CCN(CCn4c(C(=O)O)c(CCCOc5cccc6ccccc56)c5ccc(Cl)c(-c6c(C)nn(C)c6C)c54)CC3)cc2[nH]1. The van der Waals surface area contributed by atoms with Gasteiger partial charge < -0.3 is 34.3 Å². The van der Waals surface area contributed by atoms with E-state index in [-0.39, 0.29) is 48.3 Å². The van der Waals surface area contributed by atoms with Crippen molar-refractivity contribution in [1.82, 2.24) is 44.7 Å². The summed E-state index contributed by atoms with van der Waals surface area (Å²) in [5.41, 5.74) is 6.02. The Morgan fingerprint density at radius 3 is 2.46 bits per heavy atom. The standard InChI is InChI=1S/C50H52ClN9O8/c1-28-43(29(2)57(4)56-28)44-37(51)15-14-35-34(12-8-24-67-40-13-7-10-31-9-5-6-11-33(31)40)47(50(65)66)60(46(35)44)23-20-58-18-21-59(22-19-58)42(62)27-68-32-25-36(45-39(26-32)52-30(3)53-45)48(63)54-38-16-17-41(61)55-49(38)64/h5-7,9-11,13-15,25-26,38H,8,12,16-24,27H2,1-4H3,(H,52,53)(H,54,63)(H,65,66)(H,55,61,64). The van der Waals surface area contributed by atoms with Crippen LogP contribution in [0, 0.1) is 20.8 Å². The number of rotatable bonds is 15. The number of imide groups is 1. The van der Waals surface area contributed by atoms with Crippen LogP contribution in [0.25, 0.3) is 43.8 Å². The molecule has 1 atom stereocenters. The number of halogens is 1. The summed E-state index contributed by atoms with van der Waals surface area (Å²) in [6, 6.07) is 20.0. The summed E-state index contributed by atoms with van der Waals surface area (Å²) < 4.78 is 16.0. The molecule has 9 rings (SSSR count). The van der Waals surface area contributed by atoms with E-state index in [1.165, 1.54) is 6.07 Å². The van der Waals surface area contributed by atoms with Crippen molar-refractivity contribution in [2.24, 2.45) is 7.05 Å². The van der Waals surface area contributed by atoms with Crippen molar-refractivity contribution < 1.29 is 38.6 Å². The van der Waals surface area contributed by atoms with Gasteiger partial charge in [0.15, 0.2) is 6.61 Å². The van der Waals surface area contributed by atoms with Crippen LogP contribution in [-0.2, 0) is 34.4 Å². The van der Waals surface area contributed by atoms with E-state index in [0.717, 1.165) is 49.9 Å². The number of carboxylic acid groups (broad SMARTS) is 1. The van der Waals surface area contributed by atoms with E-state index in [9.17, 15) is 29.1 Å². The lowest BCUT2D eigenvalue weighted by atomic mass is 9.98. The third-order valence-corrected chi connectivity index (χ3v) is 13.3. The van der Waals surface area contributed by atoms with Gasteiger partial charge in [0.2, 0.25) is 11.8 Å². The first-order valence-corrected chi connectivity index (χ1v) is 23.1. The van der Waals surface area contributed by atoms with E-state index in [0.29, 0.717) is 86.2 Å². The number of carbonyl (C=O) groups is 5. The van der Waals surface area contributed by atoms with Crippen molar-refractivity contribution in [1.29, 1.82) is 0 Å². The van der Waals surface area contributed by atoms with E-state index in [1.54, 1.807) is 17.9 Å². The van der Waals surface area contributed by atoms with Gasteiger partial charge in [-0.2, -0.15) is 5.10 Å². The lowest BCUT2D eigenvalue weighted by molar-refractivity contribution is -0.136. The highest BCUT2D eigenvalue weighted by molar-refractivity contribution is 6.35. The molecule has 0 aliphatic carbocycles. The van der Waals surface area contributed by atoms with E-state index in [1.807, 2.05) is 84.7 Å².